The summed E-state index contributed by atoms with van der Waals surface area (Å²) in [6.07, 6.45) is 0. The van der Waals surface area contributed by atoms with Crippen molar-refractivity contribution in [2.75, 3.05) is 0 Å². The second kappa shape index (κ2) is 7.32. The van der Waals surface area contributed by atoms with Crippen molar-refractivity contribution >= 4 is 38.9 Å². The van der Waals surface area contributed by atoms with Gasteiger partial charge in [0.15, 0.2) is 0 Å². The van der Waals surface area contributed by atoms with E-state index in [1.165, 1.54) is 5.56 Å². The molecule has 0 aliphatic rings. The molecule has 0 saturated carbocycles. The van der Waals surface area contributed by atoms with E-state index in [0.29, 0.717) is 0 Å². The van der Waals surface area contributed by atoms with Gasteiger partial charge in [0.2, 0.25) is 0 Å². The van der Waals surface area contributed by atoms with Gasteiger partial charge in [0.1, 0.15) is 0 Å². The zero-order valence-corrected chi connectivity index (χ0v) is 15.4. The lowest BCUT2D eigenvalue weighted by Crippen LogP contribution is -1.88. The fraction of sp³-hybridized carbons (Fsp3) is 0.0476. The highest BCUT2D eigenvalue weighted by Gasteiger charge is 2.15. The Hall–Kier alpha value is -2.63. The van der Waals surface area contributed by atoms with Gasteiger partial charge in [-0.2, -0.15) is 0 Å². The Kier molecular flexibility index (Phi) is 4.73. The molecule has 3 aromatic carbocycles. The molecule has 0 spiro atoms. The summed E-state index contributed by atoms with van der Waals surface area (Å²) in [5.41, 5.74) is 2.49. The quantitative estimate of drug-likeness (QED) is 0.219. The van der Waals surface area contributed by atoms with E-state index in [-0.39, 0.29) is 10.6 Å². The van der Waals surface area contributed by atoms with E-state index in [1.54, 1.807) is 35.2 Å². The predicted octanol–water partition coefficient (Wildman–Crippen LogP) is 6.77. The average Bonchev–Trinajstić information content (AvgIpc) is 3.12. The molecular weight excluding hydrogens is 362 g/mol. The fourth-order valence-corrected chi connectivity index (χ4v) is 5.03. The van der Waals surface area contributed by atoms with Crippen LogP contribution in [0.4, 0.5) is 5.69 Å². The highest BCUT2D eigenvalue weighted by atomic mass is 32.2. The van der Waals surface area contributed by atoms with Crippen LogP contribution in [0.5, 0.6) is 0 Å². The van der Waals surface area contributed by atoms with Crippen molar-refractivity contribution in [1.82, 2.24) is 0 Å². The van der Waals surface area contributed by atoms with Crippen molar-refractivity contribution in [3.63, 3.8) is 0 Å². The molecular formula is C21H15NO2S2. The van der Waals surface area contributed by atoms with Crippen molar-refractivity contribution in [3.05, 3.63) is 94.5 Å². The topological polar surface area (TPSA) is 43.1 Å². The van der Waals surface area contributed by atoms with Crippen molar-refractivity contribution in [2.45, 2.75) is 10.6 Å². The van der Waals surface area contributed by atoms with Gasteiger partial charge < -0.3 is 0 Å². The van der Waals surface area contributed by atoms with Crippen LogP contribution in [0.1, 0.15) is 5.56 Å². The number of nitro benzene ring substituents is 1. The number of rotatable bonds is 5. The normalized spacial score (nSPS) is 10.9. The van der Waals surface area contributed by atoms with Crippen molar-refractivity contribution in [2.24, 2.45) is 0 Å². The average molecular weight is 377 g/mol. The molecule has 5 heteroatoms. The Labute approximate surface area is 159 Å². The van der Waals surface area contributed by atoms with Crippen molar-refractivity contribution < 1.29 is 4.92 Å². The fourth-order valence-electron chi connectivity index (χ4n) is 2.80. The lowest BCUT2D eigenvalue weighted by atomic mass is 10.1. The third-order valence-electron chi connectivity index (χ3n) is 4.09. The van der Waals surface area contributed by atoms with Gasteiger partial charge in [-0.3, -0.25) is 10.1 Å². The largest absolute Gasteiger partial charge is 0.272 e. The molecule has 0 unspecified atom stereocenters. The van der Waals surface area contributed by atoms with E-state index in [0.717, 1.165) is 31.2 Å². The summed E-state index contributed by atoms with van der Waals surface area (Å²) in [5, 5.41) is 12.4. The standard InChI is InChI=1S/C21H15NO2S2/c23-22(24)17-11-20(25-14-15-7-3-1-4-8-15)18-13-19(26-21(18)12-17)16-9-5-2-6-10-16/h1-13H,14H2. The maximum absolute atomic E-state index is 11.3. The summed E-state index contributed by atoms with van der Waals surface area (Å²) in [6.45, 7) is 0. The first-order valence-electron chi connectivity index (χ1n) is 8.15. The van der Waals surface area contributed by atoms with E-state index in [2.05, 4.69) is 30.3 Å². The van der Waals surface area contributed by atoms with E-state index in [4.69, 9.17) is 0 Å². The zero-order valence-electron chi connectivity index (χ0n) is 13.8. The number of nitro groups is 1. The van der Waals surface area contributed by atoms with Gasteiger partial charge in [-0.05, 0) is 17.2 Å². The van der Waals surface area contributed by atoms with Gasteiger partial charge in [-0.25, -0.2) is 0 Å². The number of non-ortho nitro benzene ring substituents is 1. The highest BCUT2D eigenvalue weighted by Crippen LogP contribution is 2.41. The van der Waals surface area contributed by atoms with E-state index in [1.807, 2.05) is 36.4 Å². The summed E-state index contributed by atoms with van der Waals surface area (Å²) < 4.78 is 0.952. The van der Waals surface area contributed by atoms with Crippen LogP contribution in [-0.4, -0.2) is 4.92 Å². The zero-order chi connectivity index (χ0) is 17.9. The molecule has 3 nitrogen and oxygen atoms in total. The lowest BCUT2D eigenvalue weighted by Gasteiger charge is -2.04. The summed E-state index contributed by atoms with van der Waals surface area (Å²) in [7, 11) is 0. The second-order valence-corrected chi connectivity index (χ2v) is 7.96. The molecule has 128 valence electrons. The van der Waals surface area contributed by atoms with Crippen LogP contribution in [0.25, 0.3) is 20.5 Å². The molecule has 1 heterocycles. The van der Waals surface area contributed by atoms with Crippen molar-refractivity contribution in [3.8, 4) is 10.4 Å². The number of hydrogen-bond acceptors (Lipinski definition) is 4. The van der Waals surface area contributed by atoms with Gasteiger partial charge in [0.25, 0.3) is 5.69 Å². The first kappa shape index (κ1) is 16.8. The molecule has 0 aliphatic heterocycles. The van der Waals surface area contributed by atoms with Gasteiger partial charge in [-0.15, -0.1) is 23.1 Å². The number of fused-ring (bicyclic) bond motifs is 1. The molecule has 0 bridgehead atoms. The summed E-state index contributed by atoms with van der Waals surface area (Å²) in [5.74, 6) is 0.785. The van der Waals surface area contributed by atoms with Crippen LogP contribution >= 0.6 is 23.1 Å². The monoisotopic (exact) mass is 377 g/mol. The van der Waals surface area contributed by atoms with Crippen LogP contribution in [0.2, 0.25) is 0 Å². The molecule has 4 rings (SSSR count). The molecule has 0 radical (unpaired) electrons. The van der Waals surface area contributed by atoms with Crippen molar-refractivity contribution in [1.29, 1.82) is 0 Å². The minimum Gasteiger partial charge on any atom is -0.258 e. The first-order chi connectivity index (χ1) is 12.7. The molecule has 26 heavy (non-hydrogen) atoms. The molecule has 4 aromatic rings. The maximum Gasteiger partial charge on any atom is 0.272 e. The molecule has 0 saturated heterocycles. The molecule has 0 aliphatic carbocycles. The van der Waals surface area contributed by atoms with Crippen LogP contribution in [0.3, 0.4) is 0 Å². The summed E-state index contributed by atoms with van der Waals surface area (Å²) in [4.78, 5) is 13.1. The molecule has 0 fully saturated rings. The Morgan fingerprint density at radius 2 is 1.62 bits per heavy atom. The van der Waals surface area contributed by atoms with Gasteiger partial charge >= 0.3 is 0 Å². The highest BCUT2D eigenvalue weighted by molar-refractivity contribution is 7.98. The SMILES string of the molecule is O=[N+]([O-])c1cc(SCc2ccccc2)c2cc(-c3ccccc3)sc2c1. The third-order valence-corrected chi connectivity index (χ3v) is 6.35. The Morgan fingerprint density at radius 3 is 2.31 bits per heavy atom. The summed E-state index contributed by atoms with van der Waals surface area (Å²) in [6, 6.07) is 25.8. The first-order valence-corrected chi connectivity index (χ1v) is 9.95. The Bertz CT molecular complexity index is 1060. The van der Waals surface area contributed by atoms with Crippen LogP contribution in [0.15, 0.2) is 83.8 Å². The third kappa shape index (κ3) is 3.49. The molecule has 0 amide bonds. The molecule has 1 aromatic heterocycles. The number of benzene rings is 3. The Balaban J connectivity index is 1.76. The minimum absolute atomic E-state index is 0.148. The van der Waals surface area contributed by atoms with Gasteiger partial charge in [0.05, 0.1) is 4.92 Å². The number of thioether (sulfide) groups is 1. The smallest absolute Gasteiger partial charge is 0.258 e. The second-order valence-electron chi connectivity index (χ2n) is 5.86. The lowest BCUT2D eigenvalue weighted by molar-refractivity contribution is -0.384. The van der Waals surface area contributed by atoms with Gasteiger partial charge in [-0.1, -0.05) is 60.7 Å². The van der Waals surface area contributed by atoms with Gasteiger partial charge in [0, 0.05) is 37.7 Å². The van der Waals surface area contributed by atoms with Crippen LogP contribution in [-0.2, 0) is 5.75 Å². The van der Waals surface area contributed by atoms with E-state index >= 15 is 0 Å². The van der Waals surface area contributed by atoms with Crippen LogP contribution < -0.4 is 0 Å². The van der Waals surface area contributed by atoms with Crippen LogP contribution in [0, 0.1) is 10.1 Å². The summed E-state index contributed by atoms with van der Waals surface area (Å²) >= 11 is 3.25. The molecule has 0 atom stereocenters. The predicted molar refractivity (Wildman–Crippen MR) is 110 cm³/mol. The number of thiophene rings is 1. The molecule has 0 N–H and O–H groups in total. The van der Waals surface area contributed by atoms with E-state index < -0.39 is 0 Å². The minimum atomic E-state index is -0.312. The Morgan fingerprint density at radius 1 is 0.923 bits per heavy atom. The van der Waals surface area contributed by atoms with E-state index in [9.17, 15) is 10.1 Å². The maximum atomic E-state index is 11.3. The number of hydrogen-bond donors (Lipinski definition) is 0. The number of nitrogens with zero attached hydrogens (tertiary/aromatic N) is 1.